The molecule has 1 N–H and O–H groups in total. The van der Waals surface area contributed by atoms with Crippen molar-refractivity contribution in [2.75, 3.05) is 0 Å². The Morgan fingerprint density at radius 3 is 2.71 bits per heavy atom. The third-order valence-corrected chi connectivity index (χ3v) is 2.06. The van der Waals surface area contributed by atoms with Gasteiger partial charge in [-0.25, -0.2) is 4.99 Å². The van der Waals surface area contributed by atoms with E-state index in [9.17, 15) is 0 Å². The Balaban J connectivity index is 2.15. The number of tetrazole rings is 1. The van der Waals surface area contributed by atoms with E-state index in [1.165, 1.54) is 0 Å². The summed E-state index contributed by atoms with van der Waals surface area (Å²) < 4.78 is 1.04. The molecular weight excluding hydrogens is 246 g/mol. The Hall–Kier alpha value is -1.56. The van der Waals surface area contributed by atoms with Crippen molar-refractivity contribution in [3.05, 3.63) is 34.3 Å². The lowest BCUT2D eigenvalue weighted by molar-refractivity contribution is 0.881. The van der Waals surface area contributed by atoms with Gasteiger partial charge in [-0.1, -0.05) is 33.2 Å². The van der Waals surface area contributed by atoms with E-state index in [1.54, 1.807) is 6.21 Å². The van der Waals surface area contributed by atoms with E-state index in [0.29, 0.717) is 5.95 Å². The number of hydrogen-bond donors (Lipinski definition) is 1. The van der Waals surface area contributed by atoms with Gasteiger partial charge in [0.1, 0.15) is 0 Å². The van der Waals surface area contributed by atoms with Gasteiger partial charge in [0.15, 0.2) is 0 Å². The number of nitrogens with zero attached hydrogens (tertiary/aromatic N) is 4. The van der Waals surface area contributed by atoms with Crippen LogP contribution in [0, 0.1) is 0 Å². The molecule has 0 radical (unpaired) electrons. The first-order chi connectivity index (χ1) is 6.84. The first-order valence-electron chi connectivity index (χ1n) is 3.88. The van der Waals surface area contributed by atoms with Crippen LogP contribution in [0.25, 0.3) is 0 Å². The number of hydrogen-bond acceptors (Lipinski definition) is 4. The SMILES string of the molecule is Brc1ccc(C=Nc2nn[nH]n2)cc1. The highest BCUT2D eigenvalue weighted by Crippen LogP contribution is 2.09. The molecule has 1 aromatic heterocycles. The predicted molar refractivity (Wildman–Crippen MR) is 55.6 cm³/mol. The van der Waals surface area contributed by atoms with Crippen molar-refractivity contribution >= 4 is 28.1 Å². The number of benzene rings is 1. The van der Waals surface area contributed by atoms with Crippen LogP contribution in [0.2, 0.25) is 0 Å². The molecule has 2 rings (SSSR count). The van der Waals surface area contributed by atoms with Crippen LogP contribution in [-0.4, -0.2) is 26.8 Å². The molecule has 2 aromatic rings. The molecule has 0 aliphatic rings. The average Bonchev–Trinajstić information content (AvgIpc) is 2.70. The average molecular weight is 252 g/mol. The first-order valence-corrected chi connectivity index (χ1v) is 4.67. The molecule has 1 aromatic carbocycles. The van der Waals surface area contributed by atoms with E-state index in [0.717, 1.165) is 10.0 Å². The Morgan fingerprint density at radius 2 is 2.07 bits per heavy atom. The second kappa shape index (κ2) is 4.10. The van der Waals surface area contributed by atoms with E-state index in [1.807, 2.05) is 24.3 Å². The maximum Gasteiger partial charge on any atom is 0.288 e. The van der Waals surface area contributed by atoms with Gasteiger partial charge in [0.2, 0.25) is 0 Å². The standard InChI is InChI=1S/C8H6BrN5/c9-7-3-1-6(2-4-7)5-10-8-11-13-14-12-8/h1-5H,(H,11,12,13,14). The van der Waals surface area contributed by atoms with Crippen LogP contribution in [0.4, 0.5) is 5.95 Å². The fraction of sp³-hybridized carbons (Fsp3) is 0. The van der Waals surface area contributed by atoms with Gasteiger partial charge in [0.05, 0.1) is 0 Å². The number of aromatic nitrogens is 4. The number of nitrogens with one attached hydrogen (secondary N) is 1. The minimum atomic E-state index is 0.327. The van der Waals surface area contributed by atoms with Gasteiger partial charge in [-0.05, 0) is 22.9 Å². The number of aromatic amines is 1. The van der Waals surface area contributed by atoms with Crippen LogP contribution in [0.15, 0.2) is 33.7 Å². The van der Waals surface area contributed by atoms with E-state index in [2.05, 4.69) is 41.5 Å². The summed E-state index contributed by atoms with van der Waals surface area (Å²) in [6.45, 7) is 0. The van der Waals surface area contributed by atoms with E-state index in [-0.39, 0.29) is 0 Å². The molecule has 1 heterocycles. The molecule has 6 heteroatoms. The van der Waals surface area contributed by atoms with Crippen LogP contribution >= 0.6 is 15.9 Å². The van der Waals surface area contributed by atoms with Crippen molar-refractivity contribution in [2.45, 2.75) is 0 Å². The molecule has 0 saturated heterocycles. The molecule has 0 aliphatic carbocycles. The number of H-pyrrole nitrogens is 1. The van der Waals surface area contributed by atoms with Gasteiger partial charge in [-0.3, -0.25) is 0 Å². The van der Waals surface area contributed by atoms with Crippen molar-refractivity contribution in [1.29, 1.82) is 0 Å². The predicted octanol–water partition coefficient (Wildman–Crippen LogP) is 1.71. The summed E-state index contributed by atoms with van der Waals surface area (Å²) in [5.74, 6) is 0.327. The minimum absolute atomic E-state index is 0.327. The van der Waals surface area contributed by atoms with Crippen molar-refractivity contribution in [1.82, 2.24) is 20.6 Å². The van der Waals surface area contributed by atoms with Crippen LogP contribution in [0.5, 0.6) is 0 Å². The molecule has 0 unspecified atom stereocenters. The summed E-state index contributed by atoms with van der Waals surface area (Å²) >= 11 is 3.35. The Kier molecular flexibility index (Phi) is 2.64. The normalized spacial score (nSPS) is 10.9. The van der Waals surface area contributed by atoms with Crippen molar-refractivity contribution in [3.8, 4) is 0 Å². The molecular formula is C8H6BrN5. The fourth-order valence-electron chi connectivity index (χ4n) is 0.892. The Labute approximate surface area is 88.4 Å². The van der Waals surface area contributed by atoms with Crippen LogP contribution in [0.3, 0.4) is 0 Å². The van der Waals surface area contributed by atoms with Crippen molar-refractivity contribution in [3.63, 3.8) is 0 Å². The largest absolute Gasteiger partial charge is 0.288 e. The maximum atomic E-state index is 4.01. The molecule has 5 nitrogen and oxygen atoms in total. The van der Waals surface area contributed by atoms with Gasteiger partial charge in [-0.2, -0.15) is 5.21 Å². The van der Waals surface area contributed by atoms with Crippen LogP contribution in [0.1, 0.15) is 5.56 Å². The van der Waals surface area contributed by atoms with Crippen molar-refractivity contribution < 1.29 is 0 Å². The molecule has 0 saturated carbocycles. The molecule has 0 atom stereocenters. The highest BCUT2D eigenvalue weighted by atomic mass is 79.9. The molecule has 0 amide bonds. The topological polar surface area (TPSA) is 66.8 Å². The zero-order chi connectivity index (χ0) is 9.80. The van der Waals surface area contributed by atoms with E-state index in [4.69, 9.17) is 0 Å². The van der Waals surface area contributed by atoms with Crippen molar-refractivity contribution in [2.24, 2.45) is 4.99 Å². The first kappa shape index (κ1) is 9.01. The summed E-state index contributed by atoms with van der Waals surface area (Å²) in [5, 5.41) is 13.1. The molecule has 70 valence electrons. The van der Waals surface area contributed by atoms with E-state index < -0.39 is 0 Å². The lowest BCUT2D eigenvalue weighted by Gasteiger charge is -1.91. The van der Waals surface area contributed by atoms with E-state index >= 15 is 0 Å². The van der Waals surface area contributed by atoms with Crippen LogP contribution in [-0.2, 0) is 0 Å². The monoisotopic (exact) mass is 251 g/mol. The summed E-state index contributed by atoms with van der Waals surface area (Å²) in [5.41, 5.74) is 0.984. The smallest absolute Gasteiger partial charge is 0.216 e. The fourth-order valence-corrected chi connectivity index (χ4v) is 1.16. The maximum absolute atomic E-state index is 4.01. The number of aliphatic imine (C=N–C) groups is 1. The zero-order valence-corrected chi connectivity index (χ0v) is 8.64. The summed E-state index contributed by atoms with van der Waals surface area (Å²) in [4.78, 5) is 4.01. The molecule has 0 spiro atoms. The molecule has 0 fully saturated rings. The summed E-state index contributed by atoms with van der Waals surface area (Å²) in [6.07, 6.45) is 1.68. The van der Waals surface area contributed by atoms with Gasteiger partial charge in [0.25, 0.3) is 5.95 Å². The second-order valence-corrected chi connectivity index (χ2v) is 3.44. The van der Waals surface area contributed by atoms with Gasteiger partial charge < -0.3 is 0 Å². The number of rotatable bonds is 2. The summed E-state index contributed by atoms with van der Waals surface area (Å²) in [6, 6.07) is 7.76. The minimum Gasteiger partial charge on any atom is -0.216 e. The Morgan fingerprint density at radius 1 is 1.29 bits per heavy atom. The zero-order valence-electron chi connectivity index (χ0n) is 7.05. The lowest BCUT2D eigenvalue weighted by Crippen LogP contribution is -1.79. The molecule has 0 aliphatic heterocycles. The molecule has 14 heavy (non-hydrogen) atoms. The highest BCUT2D eigenvalue weighted by molar-refractivity contribution is 9.10. The summed E-state index contributed by atoms with van der Waals surface area (Å²) in [7, 11) is 0. The van der Waals surface area contributed by atoms with Crippen LogP contribution < -0.4 is 0 Å². The lowest BCUT2D eigenvalue weighted by atomic mass is 10.2. The van der Waals surface area contributed by atoms with Gasteiger partial charge >= 0.3 is 0 Å². The van der Waals surface area contributed by atoms with Gasteiger partial charge in [0, 0.05) is 10.7 Å². The second-order valence-electron chi connectivity index (χ2n) is 2.52. The third-order valence-electron chi connectivity index (χ3n) is 1.53. The molecule has 0 bridgehead atoms. The van der Waals surface area contributed by atoms with Gasteiger partial charge in [-0.15, -0.1) is 5.10 Å². The number of halogens is 1. The third kappa shape index (κ3) is 2.23. The quantitative estimate of drug-likeness (QED) is 0.827. The Bertz CT molecular complexity index is 420. The highest BCUT2D eigenvalue weighted by Gasteiger charge is 1.92.